The van der Waals surface area contributed by atoms with Gasteiger partial charge in [-0.25, -0.2) is 4.79 Å². The summed E-state index contributed by atoms with van der Waals surface area (Å²) in [6.45, 7) is 2.82. The molecular weight excluding hydrogens is 308 g/mol. The Labute approximate surface area is 141 Å². The fraction of sp³-hybridized carbons (Fsp3) is 0.529. The SMILES string of the molecule is NC(=O)[C@@H]1CN(C(=O)N[C@@H]2CCCN(c3ccccc3)C2)CCO1. The Balaban J connectivity index is 1.55. The van der Waals surface area contributed by atoms with Crippen LogP contribution in [0.5, 0.6) is 0 Å². The number of carbonyl (C=O) groups is 2. The number of hydrogen-bond acceptors (Lipinski definition) is 4. The van der Waals surface area contributed by atoms with Crippen molar-refractivity contribution in [2.75, 3.05) is 37.7 Å². The summed E-state index contributed by atoms with van der Waals surface area (Å²) in [6.07, 6.45) is 1.28. The molecule has 24 heavy (non-hydrogen) atoms. The Bertz CT molecular complexity index is 580. The van der Waals surface area contributed by atoms with E-state index in [0.717, 1.165) is 25.9 Å². The Morgan fingerprint density at radius 2 is 1.96 bits per heavy atom. The molecule has 0 unspecified atom stereocenters. The lowest BCUT2D eigenvalue weighted by Crippen LogP contribution is -2.56. The van der Waals surface area contributed by atoms with Crippen LogP contribution in [0.3, 0.4) is 0 Å². The normalized spacial score (nSPS) is 24.5. The number of hydrogen-bond donors (Lipinski definition) is 2. The molecule has 0 saturated carbocycles. The van der Waals surface area contributed by atoms with E-state index in [-0.39, 0.29) is 18.6 Å². The molecule has 3 N–H and O–H groups in total. The highest BCUT2D eigenvalue weighted by Crippen LogP contribution is 2.19. The lowest BCUT2D eigenvalue weighted by molar-refractivity contribution is -0.133. The molecule has 3 amide bonds. The zero-order chi connectivity index (χ0) is 16.9. The molecule has 1 aromatic rings. The second kappa shape index (κ2) is 7.53. The number of nitrogens with two attached hydrogens (primary N) is 1. The molecule has 2 aliphatic rings. The first kappa shape index (κ1) is 16.6. The average molecular weight is 332 g/mol. The molecule has 3 rings (SSSR count). The summed E-state index contributed by atoms with van der Waals surface area (Å²) in [5.74, 6) is -0.527. The highest BCUT2D eigenvalue weighted by molar-refractivity contribution is 5.81. The van der Waals surface area contributed by atoms with Crippen molar-refractivity contribution in [1.82, 2.24) is 10.2 Å². The number of para-hydroxylation sites is 1. The van der Waals surface area contributed by atoms with Crippen molar-refractivity contribution < 1.29 is 14.3 Å². The quantitative estimate of drug-likeness (QED) is 0.846. The molecule has 2 saturated heterocycles. The summed E-state index contributed by atoms with van der Waals surface area (Å²) in [7, 11) is 0. The van der Waals surface area contributed by atoms with Crippen LogP contribution in [-0.4, -0.2) is 61.8 Å². The topological polar surface area (TPSA) is 87.9 Å². The number of ether oxygens (including phenoxy) is 1. The molecule has 0 spiro atoms. The Kier molecular flexibility index (Phi) is 5.20. The maximum absolute atomic E-state index is 12.5. The van der Waals surface area contributed by atoms with Crippen molar-refractivity contribution >= 4 is 17.6 Å². The maximum atomic E-state index is 12.5. The number of nitrogens with zero attached hydrogens (tertiary/aromatic N) is 2. The fourth-order valence-electron chi connectivity index (χ4n) is 3.24. The molecule has 1 aromatic carbocycles. The summed E-state index contributed by atoms with van der Waals surface area (Å²) in [4.78, 5) is 27.6. The predicted molar refractivity (Wildman–Crippen MR) is 90.7 cm³/mol. The summed E-state index contributed by atoms with van der Waals surface area (Å²) in [5, 5.41) is 3.09. The van der Waals surface area contributed by atoms with Gasteiger partial charge in [-0.1, -0.05) is 18.2 Å². The third-order valence-corrected chi connectivity index (χ3v) is 4.54. The van der Waals surface area contributed by atoms with Crippen LogP contribution in [0.1, 0.15) is 12.8 Å². The molecule has 0 radical (unpaired) electrons. The number of benzene rings is 1. The number of morpholine rings is 1. The van der Waals surface area contributed by atoms with Gasteiger partial charge in [-0.3, -0.25) is 4.79 Å². The molecule has 2 aliphatic heterocycles. The maximum Gasteiger partial charge on any atom is 0.317 e. The van der Waals surface area contributed by atoms with Gasteiger partial charge in [0, 0.05) is 31.4 Å². The summed E-state index contributed by atoms with van der Waals surface area (Å²) in [6, 6.07) is 10.2. The van der Waals surface area contributed by atoms with Gasteiger partial charge in [-0.2, -0.15) is 0 Å². The largest absolute Gasteiger partial charge is 0.369 e. The number of carbonyl (C=O) groups excluding carboxylic acids is 2. The monoisotopic (exact) mass is 332 g/mol. The van der Waals surface area contributed by atoms with Crippen LogP contribution >= 0.6 is 0 Å². The number of rotatable bonds is 3. The van der Waals surface area contributed by atoms with Crippen molar-refractivity contribution in [3.05, 3.63) is 30.3 Å². The van der Waals surface area contributed by atoms with Gasteiger partial charge in [0.25, 0.3) is 0 Å². The van der Waals surface area contributed by atoms with Gasteiger partial charge in [-0.15, -0.1) is 0 Å². The van der Waals surface area contributed by atoms with Gasteiger partial charge < -0.3 is 25.6 Å². The minimum absolute atomic E-state index is 0.0985. The number of nitrogens with one attached hydrogen (secondary N) is 1. The van der Waals surface area contributed by atoms with E-state index in [1.807, 2.05) is 18.2 Å². The predicted octanol–water partition coefficient (Wildman–Crippen LogP) is 0.551. The van der Waals surface area contributed by atoms with Crippen molar-refractivity contribution in [1.29, 1.82) is 0 Å². The van der Waals surface area contributed by atoms with Crippen molar-refractivity contribution in [2.45, 2.75) is 25.0 Å². The highest BCUT2D eigenvalue weighted by Gasteiger charge is 2.29. The molecular formula is C17H24N4O3. The lowest BCUT2D eigenvalue weighted by Gasteiger charge is -2.37. The van der Waals surface area contributed by atoms with Crippen LogP contribution in [0, 0.1) is 0 Å². The van der Waals surface area contributed by atoms with Crippen LogP contribution in [0.25, 0.3) is 0 Å². The first-order valence-corrected chi connectivity index (χ1v) is 8.40. The Morgan fingerprint density at radius 1 is 1.17 bits per heavy atom. The van der Waals surface area contributed by atoms with Crippen LogP contribution in [-0.2, 0) is 9.53 Å². The third-order valence-electron chi connectivity index (χ3n) is 4.54. The van der Waals surface area contributed by atoms with E-state index in [2.05, 4.69) is 22.3 Å². The van der Waals surface area contributed by atoms with Crippen molar-refractivity contribution in [2.24, 2.45) is 5.73 Å². The second-order valence-corrected chi connectivity index (χ2v) is 6.28. The molecule has 0 aliphatic carbocycles. The molecule has 2 atom stereocenters. The van der Waals surface area contributed by atoms with E-state index in [1.165, 1.54) is 5.69 Å². The average Bonchev–Trinajstić information content (AvgIpc) is 2.63. The first-order valence-electron chi connectivity index (χ1n) is 8.40. The molecule has 130 valence electrons. The van der Waals surface area contributed by atoms with Crippen LogP contribution in [0.4, 0.5) is 10.5 Å². The second-order valence-electron chi connectivity index (χ2n) is 6.28. The van der Waals surface area contributed by atoms with E-state index in [1.54, 1.807) is 4.90 Å². The third kappa shape index (κ3) is 3.97. The highest BCUT2D eigenvalue weighted by atomic mass is 16.5. The number of piperidine rings is 1. The minimum Gasteiger partial charge on any atom is -0.369 e. The summed E-state index contributed by atoms with van der Waals surface area (Å²) in [5.41, 5.74) is 6.44. The van der Waals surface area contributed by atoms with Crippen LogP contribution < -0.4 is 16.0 Å². The smallest absolute Gasteiger partial charge is 0.317 e. The molecule has 7 heteroatoms. The van der Waals surface area contributed by atoms with Crippen LogP contribution in [0.15, 0.2) is 30.3 Å². The van der Waals surface area contributed by atoms with Gasteiger partial charge in [0.15, 0.2) is 6.10 Å². The van der Waals surface area contributed by atoms with Gasteiger partial charge in [0.05, 0.1) is 13.2 Å². The lowest BCUT2D eigenvalue weighted by atomic mass is 10.0. The first-order chi connectivity index (χ1) is 11.6. The zero-order valence-corrected chi connectivity index (χ0v) is 13.7. The zero-order valence-electron chi connectivity index (χ0n) is 13.7. The van der Waals surface area contributed by atoms with Crippen molar-refractivity contribution in [3.63, 3.8) is 0 Å². The van der Waals surface area contributed by atoms with E-state index in [4.69, 9.17) is 10.5 Å². The number of primary amides is 1. The summed E-state index contributed by atoms with van der Waals surface area (Å²) >= 11 is 0. The fourth-order valence-corrected chi connectivity index (χ4v) is 3.24. The molecule has 2 heterocycles. The minimum atomic E-state index is -0.711. The Morgan fingerprint density at radius 3 is 2.71 bits per heavy atom. The molecule has 2 fully saturated rings. The van der Waals surface area contributed by atoms with E-state index >= 15 is 0 Å². The summed E-state index contributed by atoms with van der Waals surface area (Å²) < 4.78 is 5.28. The molecule has 0 aromatic heterocycles. The number of amides is 3. The van der Waals surface area contributed by atoms with Gasteiger partial charge in [0.1, 0.15) is 0 Å². The van der Waals surface area contributed by atoms with Crippen molar-refractivity contribution in [3.8, 4) is 0 Å². The van der Waals surface area contributed by atoms with Gasteiger partial charge >= 0.3 is 6.03 Å². The Hall–Kier alpha value is -2.28. The van der Waals surface area contributed by atoms with E-state index in [0.29, 0.717) is 13.2 Å². The standard InChI is InChI=1S/C17H24N4O3/c18-16(22)15-12-21(9-10-24-15)17(23)19-13-5-4-8-20(11-13)14-6-2-1-3-7-14/h1-3,6-7,13,15H,4-5,8-12H2,(H2,18,22)(H,19,23)/t13-,15+/m1/s1. The molecule has 0 bridgehead atoms. The van der Waals surface area contributed by atoms with Gasteiger partial charge in [-0.05, 0) is 25.0 Å². The molecule has 7 nitrogen and oxygen atoms in total. The van der Waals surface area contributed by atoms with Crippen LogP contribution in [0.2, 0.25) is 0 Å². The number of urea groups is 1. The van der Waals surface area contributed by atoms with E-state index in [9.17, 15) is 9.59 Å². The van der Waals surface area contributed by atoms with E-state index < -0.39 is 12.0 Å². The van der Waals surface area contributed by atoms with Gasteiger partial charge in [0.2, 0.25) is 5.91 Å². The number of anilines is 1.